The number of pyridine rings is 1. The Morgan fingerprint density at radius 3 is 2.53 bits per heavy atom. The molecular formula is C21H17Cl2N5O2. The lowest BCUT2D eigenvalue weighted by Gasteiger charge is -2.08. The van der Waals surface area contributed by atoms with E-state index in [-0.39, 0.29) is 5.02 Å². The Balaban J connectivity index is 1.43. The number of aromatic nitrogens is 3. The largest absolute Gasteiger partial charge is 0.334 e. The number of fused-ring (bicyclic) bond motifs is 1. The van der Waals surface area contributed by atoms with Crippen LogP contribution in [0.25, 0.3) is 11.0 Å². The first-order valence-electron chi connectivity index (χ1n) is 9.12. The topological polar surface area (TPSA) is 91.8 Å². The number of H-pyrrole nitrogens is 1. The second-order valence-corrected chi connectivity index (χ2v) is 7.42. The predicted molar refractivity (Wildman–Crippen MR) is 118 cm³/mol. The van der Waals surface area contributed by atoms with Gasteiger partial charge < -0.3 is 15.6 Å². The molecule has 0 bridgehead atoms. The summed E-state index contributed by atoms with van der Waals surface area (Å²) >= 11 is 12.0. The first-order chi connectivity index (χ1) is 14.5. The zero-order valence-corrected chi connectivity index (χ0v) is 17.2. The molecule has 4 aromatic rings. The van der Waals surface area contributed by atoms with Gasteiger partial charge in [0.2, 0.25) is 0 Å². The highest BCUT2D eigenvalue weighted by molar-refractivity contribution is 6.42. The number of carbonyl (C=O) groups is 1. The minimum Gasteiger partial charge on any atom is -0.307 e. The van der Waals surface area contributed by atoms with Gasteiger partial charge in [-0.05, 0) is 42.0 Å². The molecule has 2 heterocycles. The molecular weight excluding hydrogens is 425 g/mol. The van der Waals surface area contributed by atoms with Crippen LogP contribution in [0.4, 0.5) is 10.5 Å². The number of nitrogens with one attached hydrogen (secondary N) is 3. The van der Waals surface area contributed by atoms with Gasteiger partial charge in [0.1, 0.15) is 0 Å². The van der Waals surface area contributed by atoms with E-state index in [1.54, 1.807) is 18.3 Å². The standard InChI is InChI=1S/C21H17Cl2N5O2/c22-16-9-18-19(10-17(16)23)28(21(30)27-18)20(29)26-14-6-4-13(5-7-14)11-24-12-15-3-1-2-8-25-15/h1-10,24H,11-12H2,(H,26,29)(H,27,30). The molecule has 0 aliphatic carbocycles. The fourth-order valence-corrected chi connectivity index (χ4v) is 3.35. The van der Waals surface area contributed by atoms with Gasteiger partial charge in [0.25, 0.3) is 0 Å². The Labute approximate surface area is 181 Å². The van der Waals surface area contributed by atoms with Crippen LogP contribution in [-0.4, -0.2) is 20.6 Å². The molecule has 0 radical (unpaired) electrons. The van der Waals surface area contributed by atoms with E-state index in [0.29, 0.717) is 34.8 Å². The van der Waals surface area contributed by atoms with Crippen LogP contribution in [0.15, 0.2) is 65.6 Å². The van der Waals surface area contributed by atoms with Crippen molar-refractivity contribution in [3.8, 4) is 0 Å². The second-order valence-electron chi connectivity index (χ2n) is 6.60. The normalized spacial score (nSPS) is 11.0. The maximum atomic E-state index is 12.7. The van der Waals surface area contributed by atoms with Crippen LogP contribution in [0, 0.1) is 0 Å². The number of anilines is 1. The number of imidazole rings is 1. The quantitative estimate of drug-likeness (QED) is 0.427. The predicted octanol–water partition coefficient (Wildman–Crippen LogP) is 4.40. The van der Waals surface area contributed by atoms with Gasteiger partial charge in [0, 0.05) is 25.0 Å². The van der Waals surface area contributed by atoms with Gasteiger partial charge in [-0.2, -0.15) is 0 Å². The molecule has 7 nitrogen and oxygen atoms in total. The third-order valence-corrected chi connectivity index (χ3v) is 5.22. The van der Waals surface area contributed by atoms with Gasteiger partial charge in [-0.15, -0.1) is 0 Å². The van der Waals surface area contributed by atoms with Gasteiger partial charge in [0.05, 0.1) is 26.8 Å². The van der Waals surface area contributed by atoms with Crippen LogP contribution in [0.5, 0.6) is 0 Å². The van der Waals surface area contributed by atoms with Gasteiger partial charge in [-0.25, -0.2) is 14.2 Å². The van der Waals surface area contributed by atoms with Crippen LogP contribution in [0.3, 0.4) is 0 Å². The fourth-order valence-electron chi connectivity index (χ4n) is 3.03. The summed E-state index contributed by atoms with van der Waals surface area (Å²) in [5, 5.41) is 6.59. The summed E-state index contributed by atoms with van der Waals surface area (Å²) in [6.07, 6.45) is 1.76. The van der Waals surface area contributed by atoms with Crippen molar-refractivity contribution in [2.75, 3.05) is 5.32 Å². The lowest BCUT2D eigenvalue weighted by molar-refractivity contribution is 0.253. The van der Waals surface area contributed by atoms with E-state index in [1.165, 1.54) is 12.1 Å². The molecule has 0 saturated carbocycles. The highest BCUT2D eigenvalue weighted by atomic mass is 35.5. The summed E-state index contributed by atoms with van der Waals surface area (Å²) in [7, 11) is 0. The summed E-state index contributed by atoms with van der Waals surface area (Å²) in [6.45, 7) is 1.32. The van der Waals surface area contributed by atoms with E-state index in [1.807, 2.05) is 30.3 Å². The van der Waals surface area contributed by atoms with Crippen molar-refractivity contribution in [3.63, 3.8) is 0 Å². The highest BCUT2D eigenvalue weighted by Crippen LogP contribution is 2.26. The third-order valence-electron chi connectivity index (χ3n) is 4.49. The zero-order valence-electron chi connectivity index (χ0n) is 15.7. The van der Waals surface area contributed by atoms with Crippen molar-refractivity contribution in [2.45, 2.75) is 13.1 Å². The number of carbonyl (C=O) groups excluding carboxylic acids is 1. The molecule has 0 fully saturated rings. The maximum Gasteiger partial charge on any atom is 0.334 e. The van der Waals surface area contributed by atoms with E-state index < -0.39 is 11.7 Å². The number of hydrogen-bond acceptors (Lipinski definition) is 4. The molecule has 152 valence electrons. The number of rotatable bonds is 5. The molecule has 2 aromatic carbocycles. The highest BCUT2D eigenvalue weighted by Gasteiger charge is 2.16. The number of hydrogen-bond donors (Lipinski definition) is 3. The van der Waals surface area contributed by atoms with E-state index in [2.05, 4.69) is 20.6 Å². The lowest BCUT2D eigenvalue weighted by atomic mass is 10.2. The molecule has 0 atom stereocenters. The summed E-state index contributed by atoms with van der Waals surface area (Å²) < 4.78 is 0.986. The fraction of sp³-hybridized carbons (Fsp3) is 0.0952. The molecule has 1 amide bonds. The molecule has 3 N–H and O–H groups in total. The summed E-state index contributed by atoms with van der Waals surface area (Å²) in [4.78, 5) is 31.7. The van der Waals surface area contributed by atoms with E-state index in [4.69, 9.17) is 23.2 Å². The molecule has 0 aliphatic heterocycles. The van der Waals surface area contributed by atoms with Gasteiger partial charge in [-0.3, -0.25) is 4.98 Å². The number of aromatic amines is 1. The van der Waals surface area contributed by atoms with E-state index >= 15 is 0 Å². The first-order valence-corrected chi connectivity index (χ1v) is 9.87. The van der Waals surface area contributed by atoms with Gasteiger partial charge in [-0.1, -0.05) is 41.4 Å². The molecule has 0 aliphatic rings. The first kappa shape index (κ1) is 20.2. The Hall–Kier alpha value is -3.13. The van der Waals surface area contributed by atoms with Gasteiger partial charge in [0.15, 0.2) is 0 Å². The van der Waals surface area contributed by atoms with Crippen LogP contribution in [0.1, 0.15) is 11.3 Å². The molecule has 0 saturated heterocycles. The van der Waals surface area contributed by atoms with Crippen LogP contribution >= 0.6 is 23.2 Å². The average Bonchev–Trinajstić information content (AvgIpc) is 3.05. The molecule has 2 aromatic heterocycles. The number of benzene rings is 2. The van der Waals surface area contributed by atoms with Crippen LogP contribution in [0.2, 0.25) is 10.0 Å². The lowest BCUT2D eigenvalue weighted by Crippen LogP contribution is -2.29. The Kier molecular flexibility index (Phi) is 5.85. The molecule has 4 rings (SSSR count). The monoisotopic (exact) mass is 441 g/mol. The summed E-state index contributed by atoms with van der Waals surface area (Å²) in [6, 6.07) is 15.5. The number of nitrogens with zero attached hydrogens (tertiary/aromatic N) is 2. The number of amides is 1. The van der Waals surface area contributed by atoms with Crippen molar-refractivity contribution >= 4 is 46.0 Å². The zero-order chi connectivity index (χ0) is 21.1. The van der Waals surface area contributed by atoms with Crippen molar-refractivity contribution in [2.24, 2.45) is 0 Å². The van der Waals surface area contributed by atoms with Crippen LogP contribution < -0.4 is 16.3 Å². The molecule has 0 spiro atoms. The van der Waals surface area contributed by atoms with Crippen molar-refractivity contribution in [3.05, 3.63) is 92.6 Å². The Bertz CT molecular complexity index is 1250. The number of halogens is 2. The molecule has 0 unspecified atom stereocenters. The maximum absolute atomic E-state index is 12.7. The second kappa shape index (κ2) is 8.71. The molecule has 30 heavy (non-hydrogen) atoms. The SMILES string of the molecule is O=C(Nc1ccc(CNCc2ccccn2)cc1)n1c(=O)[nH]c2cc(Cl)c(Cl)cc21. The van der Waals surface area contributed by atoms with Crippen molar-refractivity contribution in [1.82, 2.24) is 19.9 Å². The minimum atomic E-state index is -0.592. The summed E-state index contributed by atoms with van der Waals surface area (Å²) in [5.41, 5.74) is 2.79. The van der Waals surface area contributed by atoms with Crippen molar-refractivity contribution in [1.29, 1.82) is 0 Å². The van der Waals surface area contributed by atoms with E-state index in [9.17, 15) is 9.59 Å². The average molecular weight is 442 g/mol. The van der Waals surface area contributed by atoms with Gasteiger partial charge >= 0.3 is 11.7 Å². The third kappa shape index (κ3) is 4.38. The molecule has 9 heteroatoms. The minimum absolute atomic E-state index is 0.257. The smallest absolute Gasteiger partial charge is 0.307 e. The van der Waals surface area contributed by atoms with Crippen molar-refractivity contribution < 1.29 is 4.79 Å². The summed E-state index contributed by atoms with van der Waals surface area (Å²) in [5.74, 6) is 0. The Morgan fingerprint density at radius 1 is 1.03 bits per heavy atom. The van der Waals surface area contributed by atoms with E-state index in [0.717, 1.165) is 15.8 Å². The van der Waals surface area contributed by atoms with Crippen LogP contribution in [-0.2, 0) is 13.1 Å². The Morgan fingerprint density at radius 2 is 1.80 bits per heavy atom.